The van der Waals surface area contributed by atoms with E-state index >= 15 is 0 Å². The van der Waals surface area contributed by atoms with E-state index in [0.29, 0.717) is 0 Å². The number of rotatable bonds is 5. The number of nitrogens with zero attached hydrogens (tertiary/aromatic N) is 2. The average Bonchev–Trinajstić information content (AvgIpc) is 2.69. The number of fused-ring (bicyclic) bond motifs is 1. The summed E-state index contributed by atoms with van der Waals surface area (Å²) < 4.78 is 5.75. The molecule has 6 heteroatoms. The summed E-state index contributed by atoms with van der Waals surface area (Å²) in [6.45, 7) is 3.31. The maximum atomic E-state index is 5.51. The van der Waals surface area contributed by atoms with Crippen LogP contribution in [0.3, 0.4) is 0 Å². The van der Waals surface area contributed by atoms with Crippen molar-refractivity contribution in [3.05, 3.63) is 42.1 Å². The Morgan fingerprint density at radius 2 is 2.04 bits per heavy atom. The van der Waals surface area contributed by atoms with E-state index < -0.39 is 0 Å². The van der Waals surface area contributed by atoms with Gasteiger partial charge in [0.25, 0.3) is 0 Å². The number of aromatic nitrogens is 1. The van der Waals surface area contributed by atoms with Gasteiger partial charge in [0, 0.05) is 49.7 Å². The quantitative estimate of drug-likeness (QED) is 0.636. The molecule has 2 aromatic rings. The summed E-state index contributed by atoms with van der Waals surface area (Å²) in [5.74, 6) is 0.834. The molecule has 3 rings (SSSR count). The van der Waals surface area contributed by atoms with Gasteiger partial charge in [-0.2, -0.15) is 11.8 Å². The van der Waals surface area contributed by atoms with Gasteiger partial charge >= 0.3 is 0 Å². The summed E-state index contributed by atoms with van der Waals surface area (Å²) in [5, 5.41) is 8.10. The molecule has 0 aliphatic carbocycles. The maximum absolute atomic E-state index is 5.51. The molecule has 25 heavy (non-hydrogen) atoms. The minimum Gasteiger partial charge on any atom is -0.381 e. The molecular formula is C19H26N4OS. The van der Waals surface area contributed by atoms with E-state index in [1.165, 1.54) is 10.9 Å². The van der Waals surface area contributed by atoms with E-state index in [2.05, 4.69) is 39.0 Å². The Morgan fingerprint density at radius 1 is 1.24 bits per heavy atom. The van der Waals surface area contributed by atoms with Gasteiger partial charge in [0.1, 0.15) is 0 Å². The van der Waals surface area contributed by atoms with Crippen molar-refractivity contribution < 1.29 is 4.74 Å². The normalized spacial score (nSPS) is 17.4. The third kappa shape index (κ3) is 4.44. The third-order valence-electron chi connectivity index (χ3n) is 4.82. The topological polar surface area (TPSA) is 58.5 Å². The van der Waals surface area contributed by atoms with Crippen LogP contribution in [0.5, 0.6) is 0 Å². The highest BCUT2D eigenvalue weighted by Gasteiger charge is 2.31. The fourth-order valence-electron chi connectivity index (χ4n) is 3.15. The fourth-order valence-corrected chi connectivity index (χ4v) is 3.94. The van der Waals surface area contributed by atoms with Gasteiger partial charge in [-0.3, -0.25) is 9.98 Å². The monoisotopic (exact) mass is 358 g/mol. The van der Waals surface area contributed by atoms with Crippen molar-refractivity contribution in [2.24, 2.45) is 4.99 Å². The molecule has 0 unspecified atom stereocenters. The van der Waals surface area contributed by atoms with E-state index in [1.807, 2.05) is 43.2 Å². The molecule has 1 fully saturated rings. The highest BCUT2D eigenvalue weighted by molar-refractivity contribution is 8.00. The largest absolute Gasteiger partial charge is 0.381 e. The van der Waals surface area contributed by atoms with E-state index in [0.717, 1.165) is 50.6 Å². The molecular weight excluding hydrogens is 332 g/mol. The SMILES string of the molecule is CN=C(NCc1ccnc2ccccc12)NCC1(SC)CCOCC1. The number of thioether (sulfide) groups is 1. The van der Waals surface area contributed by atoms with Crippen LogP contribution in [0.1, 0.15) is 18.4 Å². The van der Waals surface area contributed by atoms with Crippen molar-refractivity contribution in [1.29, 1.82) is 0 Å². The number of para-hydroxylation sites is 1. The number of benzene rings is 1. The molecule has 0 bridgehead atoms. The number of guanidine groups is 1. The van der Waals surface area contributed by atoms with Crippen LogP contribution in [-0.4, -0.2) is 48.8 Å². The Bertz CT molecular complexity index is 723. The Labute approximate surface area is 153 Å². The number of nitrogens with one attached hydrogen (secondary N) is 2. The lowest BCUT2D eigenvalue weighted by molar-refractivity contribution is 0.0783. The first-order chi connectivity index (χ1) is 12.3. The van der Waals surface area contributed by atoms with Crippen LogP contribution < -0.4 is 10.6 Å². The maximum Gasteiger partial charge on any atom is 0.191 e. The number of ether oxygens (including phenoxy) is 1. The molecule has 1 aromatic heterocycles. The molecule has 1 aromatic carbocycles. The van der Waals surface area contributed by atoms with Crippen molar-refractivity contribution in [2.75, 3.05) is 33.1 Å². The van der Waals surface area contributed by atoms with Gasteiger partial charge in [-0.05, 0) is 36.8 Å². The summed E-state index contributed by atoms with van der Waals surface area (Å²) in [6.07, 6.45) is 6.20. The van der Waals surface area contributed by atoms with Gasteiger partial charge in [-0.25, -0.2) is 0 Å². The molecule has 134 valence electrons. The second-order valence-corrected chi connectivity index (χ2v) is 7.54. The first-order valence-corrected chi connectivity index (χ1v) is 9.89. The van der Waals surface area contributed by atoms with Crippen LogP contribution in [0.2, 0.25) is 0 Å². The highest BCUT2D eigenvalue weighted by atomic mass is 32.2. The molecule has 0 radical (unpaired) electrons. The number of pyridine rings is 1. The Balaban J connectivity index is 1.61. The highest BCUT2D eigenvalue weighted by Crippen LogP contribution is 2.32. The van der Waals surface area contributed by atoms with Gasteiger partial charge in [-0.1, -0.05) is 18.2 Å². The molecule has 0 spiro atoms. The van der Waals surface area contributed by atoms with Gasteiger partial charge in [0.15, 0.2) is 5.96 Å². The number of hydrogen-bond acceptors (Lipinski definition) is 4. The van der Waals surface area contributed by atoms with Gasteiger partial charge in [-0.15, -0.1) is 0 Å². The van der Waals surface area contributed by atoms with Crippen molar-refractivity contribution in [3.63, 3.8) is 0 Å². The second kappa shape index (κ2) is 8.54. The Hall–Kier alpha value is -1.79. The van der Waals surface area contributed by atoms with Gasteiger partial charge in [0.05, 0.1) is 5.52 Å². The summed E-state index contributed by atoms with van der Waals surface area (Å²) in [7, 11) is 1.82. The predicted octanol–water partition coefficient (Wildman–Crippen LogP) is 2.81. The minimum absolute atomic E-state index is 0.235. The molecule has 5 nitrogen and oxygen atoms in total. The summed E-state index contributed by atoms with van der Waals surface area (Å²) in [5.41, 5.74) is 2.24. The first-order valence-electron chi connectivity index (χ1n) is 8.66. The van der Waals surface area contributed by atoms with Crippen LogP contribution in [0, 0.1) is 0 Å². The fraction of sp³-hybridized carbons (Fsp3) is 0.474. The lowest BCUT2D eigenvalue weighted by Gasteiger charge is -2.36. The number of aliphatic imine (C=N–C) groups is 1. The summed E-state index contributed by atoms with van der Waals surface area (Å²) >= 11 is 1.93. The average molecular weight is 359 g/mol. The Kier molecular flexibility index (Phi) is 6.15. The van der Waals surface area contributed by atoms with Gasteiger partial charge in [0.2, 0.25) is 0 Å². The Morgan fingerprint density at radius 3 is 2.80 bits per heavy atom. The third-order valence-corrected chi connectivity index (χ3v) is 6.24. The molecule has 0 amide bonds. The van der Waals surface area contributed by atoms with E-state index in [1.54, 1.807) is 0 Å². The number of hydrogen-bond donors (Lipinski definition) is 2. The molecule has 2 N–H and O–H groups in total. The molecule has 1 saturated heterocycles. The predicted molar refractivity (Wildman–Crippen MR) is 106 cm³/mol. The van der Waals surface area contributed by atoms with E-state index in [9.17, 15) is 0 Å². The van der Waals surface area contributed by atoms with Crippen LogP contribution in [-0.2, 0) is 11.3 Å². The second-order valence-electron chi connectivity index (χ2n) is 6.27. The van der Waals surface area contributed by atoms with Crippen LogP contribution in [0.15, 0.2) is 41.5 Å². The standard InChI is InChI=1S/C19H26N4OS/c1-20-18(23-14-19(25-2)8-11-24-12-9-19)22-13-15-7-10-21-17-6-4-3-5-16(15)17/h3-7,10H,8-9,11-14H2,1-2H3,(H2,20,22,23). The molecule has 2 heterocycles. The zero-order valence-corrected chi connectivity index (χ0v) is 15.7. The molecule has 1 aliphatic heterocycles. The van der Waals surface area contributed by atoms with Crippen LogP contribution in [0.25, 0.3) is 10.9 Å². The van der Waals surface area contributed by atoms with E-state index in [-0.39, 0.29) is 4.75 Å². The van der Waals surface area contributed by atoms with Crippen molar-refractivity contribution >= 4 is 28.6 Å². The van der Waals surface area contributed by atoms with Crippen molar-refractivity contribution in [2.45, 2.75) is 24.1 Å². The smallest absolute Gasteiger partial charge is 0.191 e. The zero-order valence-electron chi connectivity index (χ0n) is 14.9. The summed E-state index contributed by atoms with van der Waals surface area (Å²) in [6, 6.07) is 10.3. The van der Waals surface area contributed by atoms with Crippen LogP contribution >= 0.6 is 11.8 Å². The lowest BCUT2D eigenvalue weighted by Crippen LogP contribution is -2.47. The van der Waals surface area contributed by atoms with E-state index in [4.69, 9.17) is 4.74 Å². The minimum atomic E-state index is 0.235. The van der Waals surface area contributed by atoms with Gasteiger partial charge < -0.3 is 15.4 Å². The first kappa shape index (κ1) is 18.0. The van der Waals surface area contributed by atoms with Crippen molar-refractivity contribution in [3.8, 4) is 0 Å². The summed E-state index contributed by atoms with van der Waals surface area (Å²) in [4.78, 5) is 8.79. The molecule has 0 saturated carbocycles. The zero-order chi connectivity index (χ0) is 17.5. The van der Waals surface area contributed by atoms with Crippen molar-refractivity contribution in [1.82, 2.24) is 15.6 Å². The molecule has 1 aliphatic rings. The van der Waals surface area contributed by atoms with Crippen LogP contribution in [0.4, 0.5) is 0 Å². The lowest BCUT2D eigenvalue weighted by atomic mass is 9.99. The molecule has 0 atom stereocenters.